The van der Waals surface area contributed by atoms with Gasteiger partial charge in [0.15, 0.2) is 0 Å². The molecule has 0 radical (unpaired) electrons. The summed E-state index contributed by atoms with van der Waals surface area (Å²) in [6.07, 6.45) is 0.782. The maximum Gasteiger partial charge on any atom is 0.406 e. The van der Waals surface area contributed by atoms with Crippen LogP contribution in [0, 0.1) is 11.8 Å². The molecule has 0 atom stereocenters. The van der Waals surface area contributed by atoms with Crippen molar-refractivity contribution in [2.45, 2.75) is 50.5 Å². The van der Waals surface area contributed by atoms with E-state index < -0.39 is 18.6 Å². The Kier molecular flexibility index (Phi) is 8.47. The van der Waals surface area contributed by atoms with Crippen LogP contribution in [-0.4, -0.2) is 66.6 Å². The quantitative estimate of drug-likeness (QED) is 0.384. The fourth-order valence-corrected chi connectivity index (χ4v) is 5.61. The molecule has 1 aromatic carbocycles. The molecular formula is C29H33F3N6O2. The van der Waals surface area contributed by atoms with E-state index in [1.807, 2.05) is 12.1 Å². The minimum Gasteiger partial charge on any atom is -0.381 e. The number of fused-ring (bicyclic) bond motifs is 1. The number of primary amides is 1. The minimum atomic E-state index is -4.40. The molecule has 0 aliphatic carbocycles. The molecule has 4 heterocycles. The van der Waals surface area contributed by atoms with E-state index in [2.05, 4.69) is 32.4 Å². The molecule has 0 saturated carbocycles. The van der Waals surface area contributed by atoms with Crippen molar-refractivity contribution in [1.82, 2.24) is 14.9 Å². The van der Waals surface area contributed by atoms with Crippen molar-refractivity contribution in [3.8, 4) is 11.8 Å². The van der Waals surface area contributed by atoms with Gasteiger partial charge in [0, 0.05) is 36.4 Å². The van der Waals surface area contributed by atoms with Crippen LogP contribution in [0.4, 0.5) is 24.5 Å². The summed E-state index contributed by atoms with van der Waals surface area (Å²) in [6.45, 7) is 2.26. The lowest BCUT2D eigenvalue weighted by Crippen LogP contribution is -2.50. The fourth-order valence-electron chi connectivity index (χ4n) is 5.61. The van der Waals surface area contributed by atoms with Gasteiger partial charge < -0.3 is 30.6 Å². The van der Waals surface area contributed by atoms with Gasteiger partial charge in [0.05, 0.1) is 29.6 Å². The van der Waals surface area contributed by atoms with Crippen LogP contribution in [0.5, 0.6) is 0 Å². The second kappa shape index (κ2) is 12.2. The summed E-state index contributed by atoms with van der Waals surface area (Å²) in [7, 11) is 0. The topological polar surface area (TPSA) is 97.4 Å². The number of benzene rings is 1. The Morgan fingerprint density at radius 2 is 1.90 bits per heavy atom. The molecule has 1 amide bonds. The largest absolute Gasteiger partial charge is 0.406 e. The van der Waals surface area contributed by atoms with Crippen LogP contribution in [0.25, 0.3) is 10.9 Å². The molecule has 2 fully saturated rings. The zero-order chi connectivity index (χ0) is 28.1. The number of aromatic nitrogens is 2. The number of rotatable bonds is 7. The first-order valence-electron chi connectivity index (χ1n) is 13.5. The highest BCUT2D eigenvalue weighted by atomic mass is 19.4. The Bertz CT molecular complexity index is 1360. The summed E-state index contributed by atoms with van der Waals surface area (Å²) in [6, 6.07) is 11.1. The number of hydrogen-bond donors (Lipinski definition) is 3. The number of anilines is 2. The number of nitrogens with one attached hydrogen (secondary N) is 2. The molecule has 2 aliphatic rings. The highest BCUT2D eigenvalue weighted by Gasteiger charge is 2.33. The van der Waals surface area contributed by atoms with Gasteiger partial charge in [0.25, 0.3) is 5.91 Å². The van der Waals surface area contributed by atoms with Crippen LogP contribution in [0.3, 0.4) is 0 Å². The minimum absolute atomic E-state index is 0.142. The zero-order valence-electron chi connectivity index (χ0n) is 22.1. The molecule has 8 nitrogen and oxygen atoms in total. The lowest BCUT2D eigenvalue weighted by molar-refractivity contribution is -0.140. The Morgan fingerprint density at radius 3 is 2.58 bits per heavy atom. The van der Waals surface area contributed by atoms with Gasteiger partial charge in [-0.05, 0) is 75.0 Å². The van der Waals surface area contributed by atoms with Gasteiger partial charge in [0.1, 0.15) is 12.2 Å². The van der Waals surface area contributed by atoms with E-state index in [-0.39, 0.29) is 18.3 Å². The van der Waals surface area contributed by atoms with E-state index >= 15 is 0 Å². The lowest BCUT2D eigenvalue weighted by Gasteiger charge is -2.43. The first-order chi connectivity index (χ1) is 19.3. The average Bonchev–Trinajstić information content (AvgIpc) is 3.29. The smallest absolute Gasteiger partial charge is 0.381 e. The first-order valence-corrected chi connectivity index (χ1v) is 13.5. The summed E-state index contributed by atoms with van der Waals surface area (Å²) < 4.78 is 48.0. The third-order valence-corrected chi connectivity index (χ3v) is 7.44. The van der Waals surface area contributed by atoms with Gasteiger partial charge in [-0.1, -0.05) is 12.0 Å². The van der Waals surface area contributed by atoms with Gasteiger partial charge >= 0.3 is 6.18 Å². The lowest BCUT2D eigenvalue weighted by atomic mass is 9.97. The van der Waals surface area contributed by atoms with E-state index in [1.165, 1.54) is 16.8 Å². The number of alkyl halides is 3. The van der Waals surface area contributed by atoms with Crippen molar-refractivity contribution in [2.75, 3.05) is 43.1 Å². The highest BCUT2D eigenvalue weighted by Crippen LogP contribution is 2.37. The number of amides is 1. The zero-order valence-corrected chi connectivity index (χ0v) is 22.1. The number of carbonyl (C=O) groups excluding carboxylic acids is 1. The normalized spacial score (nSPS) is 16.9. The van der Waals surface area contributed by atoms with Crippen molar-refractivity contribution in [2.24, 2.45) is 5.73 Å². The molecule has 40 heavy (non-hydrogen) atoms. The van der Waals surface area contributed by atoms with Crippen LogP contribution in [0.2, 0.25) is 0 Å². The molecule has 212 valence electrons. The number of pyridine rings is 1. The monoisotopic (exact) mass is 554 g/mol. The van der Waals surface area contributed by atoms with Gasteiger partial charge in [-0.25, -0.2) is 4.98 Å². The third-order valence-electron chi connectivity index (χ3n) is 7.44. The van der Waals surface area contributed by atoms with Crippen molar-refractivity contribution in [3.05, 3.63) is 54.0 Å². The predicted molar refractivity (Wildman–Crippen MR) is 148 cm³/mol. The standard InChI is InChI=1S/C29H33F3N6O2/c30-29(31,32)19-37-23(3-2-12-35-20-6-7-25(28(33)39)36-18-20)17-24-26(37)4-1-5-27(24)38(21-8-13-34-14-9-21)22-10-15-40-16-11-22/h1,4-7,17-18,21-22,34-35H,8-16,19H2,(H2,33,39). The number of halogens is 3. The first kappa shape index (κ1) is 27.8. The van der Waals surface area contributed by atoms with Crippen LogP contribution < -0.4 is 21.3 Å². The molecule has 0 bridgehead atoms. The average molecular weight is 555 g/mol. The summed E-state index contributed by atoms with van der Waals surface area (Å²) in [5.74, 6) is 5.27. The van der Waals surface area contributed by atoms with Crippen molar-refractivity contribution < 1.29 is 22.7 Å². The van der Waals surface area contributed by atoms with Crippen molar-refractivity contribution in [3.63, 3.8) is 0 Å². The molecule has 0 unspecified atom stereocenters. The molecule has 5 rings (SSSR count). The maximum absolute atomic E-state index is 13.7. The van der Waals surface area contributed by atoms with Crippen LogP contribution in [0.15, 0.2) is 42.6 Å². The van der Waals surface area contributed by atoms with E-state index in [0.29, 0.717) is 36.2 Å². The van der Waals surface area contributed by atoms with Crippen LogP contribution >= 0.6 is 0 Å². The number of carbonyl (C=O) groups is 1. The predicted octanol–water partition coefficient (Wildman–Crippen LogP) is 3.90. The SMILES string of the molecule is NC(=O)c1ccc(NCC#Cc2cc3c(N(C4CCNCC4)C4CCOCC4)cccc3n2CC(F)(F)F)cn1. The van der Waals surface area contributed by atoms with Crippen LogP contribution in [0.1, 0.15) is 41.9 Å². The number of hydrogen-bond acceptors (Lipinski definition) is 6. The second-order valence-electron chi connectivity index (χ2n) is 10.1. The van der Waals surface area contributed by atoms with E-state index in [9.17, 15) is 18.0 Å². The molecule has 3 aromatic rings. The number of piperidine rings is 1. The summed E-state index contributed by atoms with van der Waals surface area (Å²) in [4.78, 5) is 17.6. The fraction of sp³-hybridized carbons (Fsp3) is 0.448. The van der Waals surface area contributed by atoms with Gasteiger partial charge in [0.2, 0.25) is 0 Å². The van der Waals surface area contributed by atoms with E-state index in [0.717, 1.165) is 49.8 Å². The molecule has 2 aliphatic heterocycles. The Labute approximate surface area is 231 Å². The third kappa shape index (κ3) is 6.51. The number of nitrogens with zero attached hydrogens (tertiary/aromatic N) is 3. The summed E-state index contributed by atoms with van der Waals surface area (Å²) in [5, 5.41) is 7.25. The van der Waals surface area contributed by atoms with Gasteiger partial charge in [-0.3, -0.25) is 4.79 Å². The maximum atomic E-state index is 13.7. The molecule has 0 spiro atoms. The Balaban J connectivity index is 1.48. The molecule has 2 aromatic heterocycles. The molecule has 11 heteroatoms. The summed E-state index contributed by atoms with van der Waals surface area (Å²) >= 11 is 0. The van der Waals surface area contributed by atoms with Crippen molar-refractivity contribution >= 4 is 28.2 Å². The molecule has 2 saturated heterocycles. The Hall–Kier alpha value is -3.75. The van der Waals surface area contributed by atoms with Gasteiger partial charge in [-0.2, -0.15) is 13.2 Å². The molecular weight excluding hydrogens is 521 g/mol. The molecule has 4 N–H and O–H groups in total. The van der Waals surface area contributed by atoms with E-state index in [4.69, 9.17) is 10.5 Å². The number of nitrogens with two attached hydrogens (primary N) is 1. The van der Waals surface area contributed by atoms with Crippen molar-refractivity contribution in [1.29, 1.82) is 0 Å². The van der Waals surface area contributed by atoms with E-state index in [1.54, 1.807) is 18.2 Å². The Morgan fingerprint density at radius 1 is 1.15 bits per heavy atom. The van der Waals surface area contributed by atoms with Gasteiger partial charge in [-0.15, -0.1) is 0 Å². The summed E-state index contributed by atoms with van der Waals surface area (Å²) in [5.41, 5.74) is 7.76. The number of ether oxygens (including phenoxy) is 1. The second-order valence-corrected chi connectivity index (χ2v) is 10.1. The highest BCUT2D eigenvalue weighted by molar-refractivity contribution is 5.95. The van der Waals surface area contributed by atoms with Crippen LogP contribution in [-0.2, 0) is 11.3 Å².